The number of carbonyl (C=O) groups is 2. The second-order valence-corrected chi connectivity index (χ2v) is 4.79. The summed E-state index contributed by atoms with van der Waals surface area (Å²) in [7, 11) is 0. The van der Waals surface area contributed by atoms with Crippen molar-refractivity contribution in [3.63, 3.8) is 0 Å². The summed E-state index contributed by atoms with van der Waals surface area (Å²) >= 11 is 0. The smallest absolute Gasteiger partial charge is 0.330 e. The summed E-state index contributed by atoms with van der Waals surface area (Å²) in [4.78, 5) is 24.3. The number of hydrogen-bond acceptors (Lipinski definition) is 4. The molecule has 1 rings (SSSR count). The molecule has 17 heavy (non-hydrogen) atoms. The molecule has 6 nitrogen and oxygen atoms in total. The Morgan fingerprint density at radius 2 is 2.00 bits per heavy atom. The number of urea groups is 1. The van der Waals surface area contributed by atoms with Crippen molar-refractivity contribution in [1.82, 2.24) is 10.2 Å². The van der Waals surface area contributed by atoms with E-state index in [0.29, 0.717) is 19.6 Å². The van der Waals surface area contributed by atoms with Gasteiger partial charge in [0.15, 0.2) is 0 Å². The summed E-state index contributed by atoms with van der Waals surface area (Å²) in [5, 5.41) is 3.04. The highest BCUT2D eigenvalue weighted by molar-refractivity contribution is 5.85. The lowest BCUT2D eigenvalue weighted by atomic mass is 10.1. The molecule has 1 aliphatic heterocycles. The van der Waals surface area contributed by atoms with Gasteiger partial charge in [0, 0.05) is 19.6 Å². The van der Waals surface area contributed by atoms with Gasteiger partial charge in [-0.3, -0.25) is 0 Å². The van der Waals surface area contributed by atoms with E-state index in [1.54, 1.807) is 20.8 Å². The van der Waals surface area contributed by atoms with E-state index in [4.69, 9.17) is 10.5 Å². The van der Waals surface area contributed by atoms with Gasteiger partial charge >= 0.3 is 12.0 Å². The number of halogens is 1. The number of piperazine rings is 1. The number of primary amides is 1. The van der Waals surface area contributed by atoms with Crippen LogP contribution < -0.4 is 11.1 Å². The highest BCUT2D eigenvalue weighted by Gasteiger charge is 2.34. The van der Waals surface area contributed by atoms with E-state index in [0.717, 1.165) is 0 Å². The average Bonchev–Trinajstić information content (AvgIpc) is 2.15. The molecule has 0 aliphatic carbocycles. The van der Waals surface area contributed by atoms with Gasteiger partial charge in [-0.05, 0) is 20.8 Å². The minimum atomic E-state index is -0.620. The van der Waals surface area contributed by atoms with E-state index in [9.17, 15) is 9.59 Å². The van der Waals surface area contributed by atoms with Crippen molar-refractivity contribution in [1.29, 1.82) is 0 Å². The van der Waals surface area contributed by atoms with Crippen molar-refractivity contribution in [2.24, 2.45) is 5.73 Å². The van der Waals surface area contributed by atoms with Crippen molar-refractivity contribution in [3.05, 3.63) is 0 Å². The number of esters is 1. The lowest BCUT2D eigenvalue weighted by Gasteiger charge is -2.34. The summed E-state index contributed by atoms with van der Waals surface area (Å²) < 4.78 is 5.23. The molecule has 3 N–H and O–H groups in total. The number of nitrogens with zero attached hydrogens (tertiary/aromatic N) is 1. The van der Waals surface area contributed by atoms with Gasteiger partial charge in [-0.2, -0.15) is 0 Å². The number of amides is 2. The van der Waals surface area contributed by atoms with Gasteiger partial charge in [-0.15, -0.1) is 12.4 Å². The number of carbonyl (C=O) groups excluding carboxylic acids is 2. The van der Waals surface area contributed by atoms with Crippen LogP contribution in [0.15, 0.2) is 0 Å². The van der Waals surface area contributed by atoms with Crippen molar-refractivity contribution < 1.29 is 14.3 Å². The molecule has 0 spiro atoms. The second-order valence-electron chi connectivity index (χ2n) is 4.79. The third kappa shape index (κ3) is 4.79. The molecule has 1 aliphatic rings. The van der Waals surface area contributed by atoms with Crippen LogP contribution in [0.4, 0.5) is 4.79 Å². The van der Waals surface area contributed by atoms with E-state index >= 15 is 0 Å². The Hall–Kier alpha value is -1.01. The Balaban J connectivity index is 0.00000256. The van der Waals surface area contributed by atoms with Crippen LogP contribution in [0.5, 0.6) is 0 Å². The second kappa shape index (κ2) is 6.07. The first-order valence-corrected chi connectivity index (χ1v) is 5.31. The molecule has 0 saturated carbocycles. The predicted molar refractivity (Wildman–Crippen MR) is 66.0 cm³/mol. The van der Waals surface area contributed by atoms with E-state index in [1.807, 2.05) is 0 Å². The van der Waals surface area contributed by atoms with E-state index < -0.39 is 23.6 Å². The maximum Gasteiger partial charge on any atom is 0.330 e. The fourth-order valence-corrected chi connectivity index (χ4v) is 1.55. The van der Waals surface area contributed by atoms with Gasteiger partial charge < -0.3 is 20.7 Å². The molecule has 1 atom stereocenters. The van der Waals surface area contributed by atoms with Crippen molar-refractivity contribution >= 4 is 24.4 Å². The summed E-state index contributed by atoms with van der Waals surface area (Å²) in [6, 6.07) is -1.21. The predicted octanol–water partition coefficient (Wildman–Crippen LogP) is 0.102. The quantitative estimate of drug-likeness (QED) is 0.659. The Bertz CT molecular complexity index is 291. The zero-order valence-electron chi connectivity index (χ0n) is 10.4. The average molecular weight is 266 g/mol. The third-order valence-electron chi connectivity index (χ3n) is 2.21. The van der Waals surface area contributed by atoms with Crippen molar-refractivity contribution in [2.45, 2.75) is 32.4 Å². The lowest BCUT2D eigenvalue weighted by molar-refractivity contribution is -0.160. The highest BCUT2D eigenvalue weighted by atomic mass is 35.5. The highest BCUT2D eigenvalue weighted by Crippen LogP contribution is 2.12. The standard InChI is InChI=1S/C10H19N3O3.ClH/c1-10(2,3)16-8(14)7-6-12-4-5-13(7)9(11)15;/h7,12H,4-6H2,1-3H3,(H2,11,15);1H. The van der Waals surface area contributed by atoms with Crippen molar-refractivity contribution in [3.8, 4) is 0 Å². The normalized spacial score (nSPS) is 20.4. The van der Waals surface area contributed by atoms with Crippen LogP contribution in [-0.2, 0) is 9.53 Å². The molecule has 0 aromatic heterocycles. The van der Waals surface area contributed by atoms with Gasteiger partial charge in [0.25, 0.3) is 0 Å². The Labute approximate surface area is 107 Å². The van der Waals surface area contributed by atoms with E-state index in [2.05, 4.69) is 5.32 Å². The van der Waals surface area contributed by atoms with Crippen LogP contribution in [0.3, 0.4) is 0 Å². The molecule has 1 heterocycles. The maximum absolute atomic E-state index is 11.8. The van der Waals surface area contributed by atoms with Crippen LogP contribution in [0.2, 0.25) is 0 Å². The molecule has 100 valence electrons. The number of hydrogen-bond donors (Lipinski definition) is 2. The first kappa shape index (κ1) is 16.0. The molecule has 0 aromatic rings. The lowest BCUT2D eigenvalue weighted by Crippen LogP contribution is -2.59. The number of nitrogens with one attached hydrogen (secondary N) is 1. The molecular formula is C10H20ClN3O3. The van der Waals surface area contributed by atoms with E-state index in [-0.39, 0.29) is 12.4 Å². The van der Waals surface area contributed by atoms with Gasteiger partial charge in [0.2, 0.25) is 0 Å². The molecule has 2 amide bonds. The third-order valence-corrected chi connectivity index (χ3v) is 2.21. The summed E-state index contributed by atoms with van der Waals surface area (Å²) in [5.41, 5.74) is 4.65. The molecule has 7 heteroatoms. The number of rotatable bonds is 1. The summed E-state index contributed by atoms with van der Waals surface area (Å²) in [6.07, 6.45) is 0. The van der Waals surface area contributed by atoms with Crippen LogP contribution in [0.1, 0.15) is 20.8 Å². The maximum atomic E-state index is 11.8. The fourth-order valence-electron chi connectivity index (χ4n) is 1.55. The molecule has 0 radical (unpaired) electrons. The summed E-state index contributed by atoms with van der Waals surface area (Å²) in [5.74, 6) is -0.418. The van der Waals surface area contributed by atoms with E-state index in [1.165, 1.54) is 4.90 Å². The van der Waals surface area contributed by atoms with Crippen LogP contribution in [0, 0.1) is 0 Å². The zero-order valence-corrected chi connectivity index (χ0v) is 11.2. The van der Waals surface area contributed by atoms with Gasteiger partial charge in [-0.1, -0.05) is 0 Å². The first-order chi connectivity index (χ1) is 7.31. The number of nitrogens with two attached hydrogens (primary N) is 1. The number of ether oxygens (including phenoxy) is 1. The molecule has 0 aromatic carbocycles. The molecule has 1 unspecified atom stereocenters. The molecule has 0 bridgehead atoms. The largest absolute Gasteiger partial charge is 0.458 e. The minimum absolute atomic E-state index is 0. The monoisotopic (exact) mass is 265 g/mol. The zero-order chi connectivity index (χ0) is 12.3. The molecular weight excluding hydrogens is 246 g/mol. The SMILES string of the molecule is CC(C)(C)OC(=O)C1CNCCN1C(N)=O.Cl. The minimum Gasteiger partial charge on any atom is -0.458 e. The Morgan fingerprint density at radius 3 is 2.47 bits per heavy atom. The Morgan fingerprint density at radius 1 is 1.41 bits per heavy atom. The van der Waals surface area contributed by atoms with Crippen molar-refractivity contribution in [2.75, 3.05) is 19.6 Å². The topological polar surface area (TPSA) is 84.7 Å². The summed E-state index contributed by atoms with van der Waals surface area (Å²) in [6.45, 7) is 6.82. The molecule has 1 saturated heterocycles. The Kier molecular flexibility index (Phi) is 5.71. The van der Waals surface area contributed by atoms with Gasteiger partial charge in [0.1, 0.15) is 11.6 Å². The van der Waals surface area contributed by atoms with Crippen LogP contribution >= 0.6 is 12.4 Å². The fraction of sp³-hybridized carbons (Fsp3) is 0.800. The first-order valence-electron chi connectivity index (χ1n) is 5.31. The van der Waals surface area contributed by atoms with Crippen LogP contribution in [0.25, 0.3) is 0 Å². The van der Waals surface area contributed by atoms with Gasteiger partial charge in [-0.25, -0.2) is 9.59 Å². The molecule has 1 fully saturated rings. The van der Waals surface area contributed by atoms with Gasteiger partial charge in [0.05, 0.1) is 0 Å². The van der Waals surface area contributed by atoms with Crippen LogP contribution in [-0.4, -0.2) is 48.2 Å².